The monoisotopic (exact) mass is 227 g/mol. The standard InChI is InChI=1S/C14H17N3/c1-10-8-14(17-11(2)16-10)13(15)9-12-6-4-3-5-7-12/h3-8,13H,9,15H2,1-2H3. The molecule has 0 fully saturated rings. The fourth-order valence-electron chi connectivity index (χ4n) is 1.91. The van der Waals surface area contributed by atoms with Crippen molar-refractivity contribution < 1.29 is 0 Å². The Kier molecular flexibility index (Phi) is 3.49. The third-order valence-electron chi connectivity index (χ3n) is 2.66. The normalized spacial score (nSPS) is 12.4. The Morgan fingerprint density at radius 1 is 1.12 bits per heavy atom. The van der Waals surface area contributed by atoms with E-state index in [1.807, 2.05) is 38.1 Å². The van der Waals surface area contributed by atoms with Gasteiger partial charge < -0.3 is 5.73 Å². The summed E-state index contributed by atoms with van der Waals surface area (Å²) in [5.74, 6) is 0.781. The molecule has 2 N–H and O–H groups in total. The van der Waals surface area contributed by atoms with Crippen molar-refractivity contribution in [2.45, 2.75) is 26.3 Å². The first-order chi connectivity index (χ1) is 8.15. The van der Waals surface area contributed by atoms with E-state index in [2.05, 4.69) is 22.1 Å². The van der Waals surface area contributed by atoms with Gasteiger partial charge in [0.25, 0.3) is 0 Å². The van der Waals surface area contributed by atoms with Gasteiger partial charge in [-0.25, -0.2) is 9.97 Å². The third-order valence-corrected chi connectivity index (χ3v) is 2.66. The molecule has 0 aliphatic carbocycles. The molecule has 1 heterocycles. The van der Waals surface area contributed by atoms with Crippen LogP contribution in [0.4, 0.5) is 0 Å². The molecule has 0 aliphatic rings. The molecule has 88 valence electrons. The Balaban J connectivity index is 2.17. The largest absolute Gasteiger partial charge is 0.322 e. The lowest BCUT2D eigenvalue weighted by atomic mass is 10.0. The van der Waals surface area contributed by atoms with Gasteiger partial charge in [0.1, 0.15) is 5.82 Å². The third kappa shape index (κ3) is 3.11. The maximum absolute atomic E-state index is 6.17. The van der Waals surface area contributed by atoms with E-state index in [0.717, 1.165) is 23.6 Å². The Morgan fingerprint density at radius 2 is 1.82 bits per heavy atom. The van der Waals surface area contributed by atoms with Gasteiger partial charge in [-0.2, -0.15) is 0 Å². The van der Waals surface area contributed by atoms with Crippen LogP contribution >= 0.6 is 0 Å². The van der Waals surface area contributed by atoms with E-state index < -0.39 is 0 Å². The molecule has 3 nitrogen and oxygen atoms in total. The molecule has 17 heavy (non-hydrogen) atoms. The van der Waals surface area contributed by atoms with Crippen LogP contribution in [0.1, 0.15) is 28.8 Å². The zero-order valence-electron chi connectivity index (χ0n) is 10.2. The van der Waals surface area contributed by atoms with Crippen molar-refractivity contribution in [3.63, 3.8) is 0 Å². The van der Waals surface area contributed by atoms with Gasteiger partial charge in [0, 0.05) is 5.69 Å². The van der Waals surface area contributed by atoms with E-state index in [4.69, 9.17) is 5.73 Å². The average Bonchev–Trinajstić information content (AvgIpc) is 2.29. The fourth-order valence-corrected chi connectivity index (χ4v) is 1.91. The topological polar surface area (TPSA) is 51.8 Å². The highest BCUT2D eigenvalue weighted by atomic mass is 14.9. The van der Waals surface area contributed by atoms with E-state index in [1.54, 1.807) is 0 Å². The van der Waals surface area contributed by atoms with Crippen LogP contribution in [-0.2, 0) is 6.42 Å². The number of hydrogen-bond acceptors (Lipinski definition) is 3. The molecule has 1 atom stereocenters. The quantitative estimate of drug-likeness (QED) is 0.875. The molecular weight excluding hydrogens is 210 g/mol. The summed E-state index contributed by atoms with van der Waals surface area (Å²) >= 11 is 0. The van der Waals surface area contributed by atoms with Crippen molar-refractivity contribution in [1.29, 1.82) is 0 Å². The molecular formula is C14H17N3. The van der Waals surface area contributed by atoms with Crippen LogP contribution < -0.4 is 5.73 Å². The molecule has 0 amide bonds. The Hall–Kier alpha value is -1.74. The molecule has 3 heteroatoms. The summed E-state index contributed by atoms with van der Waals surface area (Å²) in [6.07, 6.45) is 0.802. The summed E-state index contributed by atoms with van der Waals surface area (Å²) in [6, 6.07) is 12.1. The molecule has 1 aromatic carbocycles. The molecule has 1 unspecified atom stereocenters. The lowest BCUT2D eigenvalue weighted by Crippen LogP contribution is -2.16. The number of hydrogen-bond donors (Lipinski definition) is 1. The molecule has 1 aromatic heterocycles. The second kappa shape index (κ2) is 5.06. The van der Waals surface area contributed by atoms with Crippen molar-refractivity contribution in [3.05, 3.63) is 59.2 Å². The number of rotatable bonds is 3. The van der Waals surface area contributed by atoms with Crippen LogP contribution in [0.5, 0.6) is 0 Å². The Labute approximate surface area is 102 Å². The number of nitrogens with zero attached hydrogens (tertiary/aromatic N) is 2. The highest BCUT2D eigenvalue weighted by molar-refractivity contribution is 5.20. The molecule has 0 aliphatic heterocycles. The first-order valence-corrected chi connectivity index (χ1v) is 5.77. The minimum atomic E-state index is -0.0715. The van der Waals surface area contributed by atoms with Crippen LogP contribution in [0, 0.1) is 13.8 Å². The van der Waals surface area contributed by atoms with Crippen molar-refractivity contribution in [2.75, 3.05) is 0 Å². The molecule has 0 saturated carbocycles. The zero-order chi connectivity index (χ0) is 12.3. The van der Waals surface area contributed by atoms with Gasteiger partial charge >= 0.3 is 0 Å². The minimum absolute atomic E-state index is 0.0715. The Morgan fingerprint density at radius 3 is 2.47 bits per heavy atom. The van der Waals surface area contributed by atoms with Crippen LogP contribution in [0.2, 0.25) is 0 Å². The second-order valence-corrected chi connectivity index (χ2v) is 4.28. The predicted octanol–water partition coefficient (Wildman–Crippen LogP) is 2.34. The van der Waals surface area contributed by atoms with Crippen LogP contribution in [0.25, 0.3) is 0 Å². The van der Waals surface area contributed by atoms with Crippen LogP contribution in [-0.4, -0.2) is 9.97 Å². The lowest BCUT2D eigenvalue weighted by Gasteiger charge is -2.12. The van der Waals surface area contributed by atoms with E-state index in [-0.39, 0.29) is 6.04 Å². The summed E-state index contributed by atoms with van der Waals surface area (Å²) in [5.41, 5.74) is 9.29. The molecule has 0 radical (unpaired) electrons. The van der Waals surface area contributed by atoms with Gasteiger partial charge in [-0.15, -0.1) is 0 Å². The molecule has 0 bridgehead atoms. The van der Waals surface area contributed by atoms with E-state index in [0.29, 0.717) is 0 Å². The van der Waals surface area contributed by atoms with E-state index >= 15 is 0 Å². The van der Waals surface area contributed by atoms with E-state index in [1.165, 1.54) is 5.56 Å². The van der Waals surface area contributed by atoms with Gasteiger partial charge in [0.15, 0.2) is 0 Å². The highest BCUT2D eigenvalue weighted by Gasteiger charge is 2.09. The number of aryl methyl sites for hydroxylation is 2. The predicted molar refractivity (Wildman–Crippen MR) is 68.6 cm³/mol. The highest BCUT2D eigenvalue weighted by Crippen LogP contribution is 2.14. The first-order valence-electron chi connectivity index (χ1n) is 5.77. The Bertz CT molecular complexity index is 474. The van der Waals surface area contributed by atoms with Gasteiger partial charge in [0.05, 0.1) is 11.7 Å². The van der Waals surface area contributed by atoms with Crippen molar-refractivity contribution in [1.82, 2.24) is 9.97 Å². The number of benzene rings is 1. The van der Waals surface area contributed by atoms with Gasteiger partial charge in [0.2, 0.25) is 0 Å². The molecule has 0 saturated heterocycles. The molecule has 2 aromatic rings. The van der Waals surface area contributed by atoms with Gasteiger partial charge in [-0.05, 0) is 31.9 Å². The number of aromatic nitrogens is 2. The lowest BCUT2D eigenvalue weighted by molar-refractivity contribution is 0.685. The number of nitrogens with two attached hydrogens (primary N) is 1. The summed E-state index contributed by atoms with van der Waals surface area (Å²) in [6.45, 7) is 3.86. The minimum Gasteiger partial charge on any atom is -0.322 e. The smallest absolute Gasteiger partial charge is 0.125 e. The van der Waals surface area contributed by atoms with E-state index in [9.17, 15) is 0 Å². The fraction of sp³-hybridized carbons (Fsp3) is 0.286. The van der Waals surface area contributed by atoms with Crippen molar-refractivity contribution in [3.8, 4) is 0 Å². The summed E-state index contributed by atoms with van der Waals surface area (Å²) in [4.78, 5) is 8.65. The summed E-state index contributed by atoms with van der Waals surface area (Å²) in [5, 5.41) is 0. The second-order valence-electron chi connectivity index (χ2n) is 4.28. The summed E-state index contributed by atoms with van der Waals surface area (Å²) in [7, 11) is 0. The van der Waals surface area contributed by atoms with Crippen molar-refractivity contribution >= 4 is 0 Å². The average molecular weight is 227 g/mol. The SMILES string of the molecule is Cc1cc(C(N)Cc2ccccc2)nc(C)n1. The van der Waals surface area contributed by atoms with Crippen LogP contribution in [0.3, 0.4) is 0 Å². The van der Waals surface area contributed by atoms with Crippen LogP contribution in [0.15, 0.2) is 36.4 Å². The zero-order valence-corrected chi connectivity index (χ0v) is 10.2. The maximum atomic E-state index is 6.17. The summed E-state index contributed by atoms with van der Waals surface area (Å²) < 4.78 is 0. The van der Waals surface area contributed by atoms with Gasteiger partial charge in [-0.3, -0.25) is 0 Å². The molecule has 0 spiro atoms. The first kappa shape index (κ1) is 11.7. The maximum Gasteiger partial charge on any atom is 0.125 e. The van der Waals surface area contributed by atoms with Gasteiger partial charge in [-0.1, -0.05) is 30.3 Å². The molecule has 2 rings (SSSR count). The van der Waals surface area contributed by atoms with Crippen molar-refractivity contribution in [2.24, 2.45) is 5.73 Å².